The fourth-order valence-electron chi connectivity index (χ4n) is 5.09. The lowest BCUT2D eigenvalue weighted by Gasteiger charge is -2.54. The Kier molecular flexibility index (Phi) is 2.61. The second kappa shape index (κ2) is 4.22. The highest BCUT2D eigenvalue weighted by Crippen LogP contribution is 2.54. The molecule has 0 saturated heterocycles. The van der Waals surface area contributed by atoms with Gasteiger partial charge in [0.15, 0.2) is 0 Å². The quantitative estimate of drug-likeness (QED) is 0.831. The van der Waals surface area contributed by atoms with Crippen LogP contribution in [0, 0.1) is 36.4 Å². The lowest BCUT2D eigenvalue weighted by Crippen LogP contribution is -2.51. The van der Waals surface area contributed by atoms with Gasteiger partial charge >= 0.3 is 0 Å². The van der Waals surface area contributed by atoms with Crippen LogP contribution in [0.1, 0.15) is 37.7 Å². The summed E-state index contributed by atoms with van der Waals surface area (Å²) in [6.45, 7) is 2.03. The molecule has 102 valence electrons. The van der Waals surface area contributed by atoms with Gasteiger partial charge in [0, 0.05) is 6.04 Å². The Hall–Kier alpha value is -1.05. The van der Waals surface area contributed by atoms with Crippen LogP contribution in [0.15, 0.2) is 18.2 Å². The first-order valence-electron chi connectivity index (χ1n) is 7.71. The number of rotatable bonds is 2. The van der Waals surface area contributed by atoms with Gasteiger partial charge in [0.2, 0.25) is 0 Å². The molecule has 0 aromatic heterocycles. The molecule has 1 aromatic rings. The van der Waals surface area contributed by atoms with Crippen molar-refractivity contribution in [3.05, 3.63) is 29.6 Å². The summed E-state index contributed by atoms with van der Waals surface area (Å²) in [5.74, 6) is 3.43. The fourth-order valence-corrected chi connectivity index (χ4v) is 5.09. The Bertz CT molecular complexity index is 468. The lowest BCUT2D eigenvalue weighted by molar-refractivity contribution is 0.00744. The Morgan fingerprint density at radius 1 is 1.00 bits per heavy atom. The van der Waals surface area contributed by atoms with Crippen LogP contribution in [-0.4, -0.2) is 6.04 Å². The molecule has 1 N–H and O–H groups in total. The van der Waals surface area contributed by atoms with Crippen molar-refractivity contribution in [2.24, 2.45) is 23.7 Å². The van der Waals surface area contributed by atoms with Gasteiger partial charge in [-0.25, -0.2) is 4.39 Å². The molecule has 4 bridgehead atoms. The summed E-state index contributed by atoms with van der Waals surface area (Å²) >= 11 is 0. The Balaban J connectivity index is 1.58. The van der Waals surface area contributed by atoms with E-state index in [-0.39, 0.29) is 5.82 Å². The highest BCUT2D eigenvalue weighted by atomic mass is 19.1. The number of aryl methyl sites for hydroxylation is 1. The van der Waals surface area contributed by atoms with Gasteiger partial charge in [0.1, 0.15) is 5.82 Å². The average Bonchev–Trinajstić information content (AvgIpc) is 2.37. The third-order valence-corrected chi connectivity index (χ3v) is 5.67. The van der Waals surface area contributed by atoms with Crippen molar-refractivity contribution in [1.29, 1.82) is 0 Å². The molecule has 1 aromatic carbocycles. The van der Waals surface area contributed by atoms with Crippen LogP contribution < -0.4 is 5.32 Å². The first-order chi connectivity index (χ1) is 9.19. The van der Waals surface area contributed by atoms with Crippen molar-refractivity contribution in [3.63, 3.8) is 0 Å². The van der Waals surface area contributed by atoms with Crippen LogP contribution in [0.5, 0.6) is 0 Å². The summed E-state index contributed by atoms with van der Waals surface area (Å²) in [6.07, 6.45) is 6.96. The Labute approximate surface area is 114 Å². The first kappa shape index (κ1) is 11.7. The summed E-state index contributed by atoms with van der Waals surface area (Å²) in [7, 11) is 0. The maximum atomic E-state index is 13.9. The van der Waals surface area contributed by atoms with Gasteiger partial charge in [-0.15, -0.1) is 0 Å². The zero-order valence-electron chi connectivity index (χ0n) is 11.5. The van der Waals surface area contributed by atoms with Gasteiger partial charge in [-0.2, -0.15) is 0 Å². The average molecular weight is 259 g/mol. The summed E-state index contributed by atoms with van der Waals surface area (Å²) in [6, 6.07) is 5.91. The summed E-state index contributed by atoms with van der Waals surface area (Å²) in [5.41, 5.74) is 1.85. The highest BCUT2D eigenvalue weighted by Gasteiger charge is 2.48. The zero-order valence-corrected chi connectivity index (χ0v) is 11.5. The van der Waals surface area contributed by atoms with Gasteiger partial charge in [-0.1, -0.05) is 6.07 Å². The van der Waals surface area contributed by atoms with E-state index in [4.69, 9.17) is 0 Å². The van der Waals surface area contributed by atoms with Gasteiger partial charge < -0.3 is 5.32 Å². The molecule has 0 heterocycles. The third-order valence-electron chi connectivity index (χ3n) is 5.67. The third kappa shape index (κ3) is 1.96. The van der Waals surface area contributed by atoms with E-state index >= 15 is 0 Å². The van der Waals surface area contributed by atoms with Crippen molar-refractivity contribution >= 4 is 5.69 Å². The van der Waals surface area contributed by atoms with E-state index < -0.39 is 0 Å². The minimum Gasteiger partial charge on any atom is -0.379 e. The van der Waals surface area contributed by atoms with Crippen LogP contribution in [0.25, 0.3) is 0 Å². The fraction of sp³-hybridized carbons (Fsp3) is 0.647. The van der Waals surface area contributed by atoms with Gasteiger partial charge in [-0.05, 0) is 80.4 Å². The second-order valence-corrected chi connectivity index (χ2v) is 7.08. The maximum absolute atomic E-state index is 13.9. The second-order valence-electron chi connectivity index (χ2n) is 7.08. The molecule has 0 amide bonds. The van der Waals surface area contributed by atoms with Crippen molar-refractivity contribution in [2.75, 3.05) is 5.32 Å². The molecule has 4 fully saturated rings. The maximum Gasteiger partial charge on any atom is 0.146 e. The number of halogens is 1. The van der Waals surface area contributed by atoms with E-state index in [1.165, 1.54) is 32.1 Å². The number of benzene rings is 1. The lowest BCUT2D eigenvalue weighted by atomic mass is 9.54. The van der Waals surface area contributed by atoms with Crippen LogP contribution in [0.2, 0.25) is 0 Å². The van der Waals surface area contributed by atoms with Crippen molar-refractivity contribution in [3.8, 4) is 0 Å². The summed E-state index contributed by atoms with van der Waals surface area (Å²) in [5, 5.41) is 3.56. The van der Waals surface area contributed by atoms with E-state index in [1.807, 2.05) is 19.1 Å². The molecular weight excluding hydrogens is 237 g/mol. The molecule has 2 heteroatoms. The zero-order chi connectivity index (χ0) is 13.0. The van der Waals surface area contributed by atoms with E-state index in [0.29, 0.717) is 6.04 Å². The van der Waals surface area contributed by atoms with E-state index in [1.54, 1.807) is 6.07 Å². The monoisotopic (exact) mass is 259 g/mol. The molecule has 4 saturated carbocycles. The van der Waals surface area contributed by atoms with Crippen molar-refractivity contribution in [1.82, 2.24) is 0 Å². The molecule has 19 heavy (non-hydrogen) atoms. The summed E-state index contributed by atoms with van der Waals surface area (Å²) in [4.78, 5) is 0. The molecule has 4 aliphatic carbocycles. The molecule has 1 nitrogen and oxygen atoms in total. The molecule has 5 rings (SSSR count). The van der Waals surface area contributed by atoms with Crippen LogP contribution >= 0.6 is 0 Å². The molecule has 0 atom stereocenters. The van der Waals surface area contributed by atoms with E-state index in [0.717, 1.165) is 34.9 Å². The number of nitrogens with one attached hydrogen (secondary N) is 1. The smallest absolute Gasteiger partial charge is 0.146 e. The first-order valence-corrected chi connectivity index (χ1v) is 7.71. The number of hydrogen-bond donors (Lipinski definition) is 1. The summed E-state index contributed by atoms with van der Waals surface area (Å²) < 4.78 is 13.9. The Morgan fingerprint density at radius 2 is 1.63 bits per heavy atom. The molecule has 0 spiro atoms. The number of hydrogen-bond acceptors (Lipinski definition) is 1. The molecule has 0 unspecified atom stereocenters. The van der Waals surface area contributed by atoms with Crippen LogP contribution in [0.4, 0.5) is 10.1 Å². The highest BCUT2D eigenvalue weighted by molar-refractivity contribution is 5.48. The molecule has 0 radical (unpaired) electrons. The predicted octanol–water partition coefficient (Wildman–Crippen LogP) is 4.37. The van der Waals surface area contributed by atoms with E-state index in [2.05, 4.69) is 5.32 Å². The van der Waals surface area contributed by atoms with Gasteiger partial charge in [0.05, 0.1) is 5.69 Å². The Morgan fingerprint density at radius 3 is 2.26 bits per heavy atom. The van der Waals surface area contributed by atoms with Crippen molar-refractivity contribution in [2.45, 2.75) is 45.1 Å². The minimum atomic E-state index is -0.0978. The molecular formula is C17H22FN. The van der Waals surface area contributed by atoms with Gasteiger partial charge in [0.25, 0.3) is 0 Å². The number of anilines is 1. The normalized spacial score (nSPS) is 39.6. The predicted molar refractivity (Wildman–Crippen MR) is 75.6 cm³/mol. The standard InChI is InChI=1S/C17H22FN/c1-10-2-3-15(18)16(4-10)19-17-13-6-11-5-12(8-13)9-14(17)7-11/h2-4,11-14,17,19H,5-9H2,1H3. The van der Waals surface area contributed by atoms with Crippen LogP contribution in [-0.2, 0) is 0 Å². The largest absolute Gasteiger partial charge is 0.379 e. The minimum absolute atomic E-state index is 0.0978. The topological polar surface area (TPSA) is 12.0 Å². The SMILES string of the molecule is Cc1ccc(F)c(NC2C3CC4CC(C3)CC2C4)c1. The molecule has 0 aliphatic heterocycles. The van der Waals surface area contributed by atoms with E-state index in [9.17, 15) is 4.39 Å². The van der Waals surface area contributed by atoms with Crippen LogP contribution in [0.3, 0.4) is 0 Å². The molecule has 4 aliphatic rings. The van der Waals surface area contributed by atoms with Gasteiger partial charge in [-0.3, -0.25) is 0 Å². The van der Waals surface area contributed by atoms with Crippen molar-refractivity contribution < 1.29 is 4.39 Å².